The average molecular weight is 462 g/mol. The predicted molar refractivity (Wildman–Crippen MR) is 131 cm³/mol. The standard InChI is InChI=1S/C26H27N3O5/c1-16-8-10-29(11-9-16)23-22(24(30)25(23)31)27-15-17-2-4-18(5-3-17)26(32)28-19-6-7-20-21(14-19)34-13-12-33-20/h2-7,14,16,27H,8-13,15H2,1H3,(H,28,32). The molecule has 8 heteroatoms. The highest BCUT2D eigenvalue weighted by Crippen LogP contribution is 2.32. The van der Waals surface area contributed by atoms with Gasteiger partial charge < -0.3 is 25.0 Å². The van der Waals surface area contributed by atoms with E-state index in [2.05, 4.69) is 17.6 Å². The highest BCUT2D eigenvalue weighted by molar-refractivity contribution is 6.04. The maximum Gasteiger partial charge on any atom is 0.255 e. The fourth-order valence-corrected chi connectivity index (χ4v) is 4.37. The first-order chi connectivity index (χ1) is 16.5. The summed E-state index contributed by atoms with van der Waals surface area (Å²) in [6.45, 7) is 5.20. The fourth-order valence-electron chi connectivity index (χ4n) is 4.37. The van der Waals surface area contributed by atoms with E-state index in [1.54, 1.807) is 30.3 Å². The van der Waals surface area contributed by atoms with Gasteiger partial charge in [0.2, 0.25) is 0 Å². The van der Waals surface area contributed by atoms with Crippen LogP contribution in [0.1, 0.15) is 35.7 Å². The Hall–Kier alpha value is -3.81. The van der Waals surface area contributed by atoms with Crippen LogP contribution in [-0.4, -0.2) is 32.2 Å². The Bertz CT molecular complexity index is 1270. The summed E-state index contributed by atoms with van der Waals surface area (Å²) in [5.74, 6) is 1.69. The molecule has 34 heavy (non-hydrogen) atoms. The van der Waals surface area contributed by atoms with Crippen LogP contribution in [-0.2, 0) is 6.54 Å². The highest BCUT2D eigenvalue weighted by Gasteiger charge is 2.28. The van der Waals surface area contributed by atoms with Gasteiger partial charge in [-0.05, 0) is 48.6 Å². The molecule has 0 atom stereocenters. The molecule has 0 bridgehead atoms. The molecular formula is C26H27N3O5. The van der Waals surface area contributed by atoms with Gasteiger partial charge in [0.15, 0.2) is 11.5 Å². The van der Waals surface area contributed by atoms with Crippen LogP contribution in [0.2, 0.25) is 0 Å². The summed E-state index contributed by atoms with van der Waals surface area (Å²) >= 11 is 0. The van der Waals surface area contributed by atoms with Crippen LogP contribution in [0.15, 0.2) is 52.1 Å². The molecule has 1 saturated heterocycles. The molecule has 1 fully saturated rings. The first-order valence-corrected chi connectivity index (χ1v) is 11.6. The van der Waals surface area contributed by atoms with Gasteiger partial charge in [0, 0.05) is 37.0 Å². The summed E-state index contributed by atoms with van der Waals surface area (Å²) < 4.78 is 11.1. The number of anilines is 3. The average Bonchev–Trinajstić information content (AvgIpc) is 2.87. The number of nitrogens with one attached hydrogen (secondary N) is 2. The SMILES string of the molecule is CC1CCN(c2c(NCc3ccc(C(=O)Nc4ccc5c(c4)OCCO5)cc3)c(=O)c2=O)CC1. The minimum Gasteiger partial charge on any atom is -0.486 e. The maximum absolute atomic E-state index is 12.6. The Morgan fingerprint density at radius 2 is 1.68 bits per heavy atom. The largest absolute Gasteiger partial charge is 0.486 e. The van der Waals surface area contributed by atoms with Crippen LogP contribution in [0, 0.1) is 5.92 Å². The van der Waals surface area contributed by atoms with Crippen molar-refractivity contribution in [2.75, 3.05) is 41.8 Å². The zero-order valence-electron chi connectivity index (χ0n) is 19.1. The van der Waals surface area contributed by atoms with Crippen molar-refractivity contribution in [3.63, 3.8) is 0 Å². The third-order valence-electron chi connectivity index (χ3n) is 6.47. The van der Waals surface area contributed by atoms with Gasteiger partial charge in [-0.1, -0.05) is 19.1 Å². The second-order valence-electron chi connectivity index (χ2n) is 8.91. The topological polar surface area (TPSA) is 97.0 Å². The molecule has 0 saturated carbocycles. The predicted octanol–water partition coefficient (Wildman–Crippen LogP) is 3.15. The van der Waals surface area contributed by atoms with Crippen molar-refractivity contribution < 1.29 is 14.3 Å². The lowest BCUT2D eigenvalue weighted by molar-refractivity contribution is 0.102. The zero-order chi connectivity index (χ0) is 23.7. The van der Waals surface area contributed by atoms with E-state index in [-0.39, 0.29) is 5.91 Å². The van der Waals surface area contributed by atoms with Crippen molar-refractivity contribution in [1.82, 2.24) is 0 Å². The van der Waals surface area contributed by atoms with Crippen LogP contribution in [0.3, 0.4) is 0 Å². The lowest BCUT2D eigenvalue weighted by atomic mass is 9.98. The van der Waals surface area contributed by atoms with Gasteiger partial charge in [-0.25, -0.2) is 0 Å². The number of benzene rings is 2. The monoisotopic (exact) mass is 461 g/mol. The molecule has 2 aliphatic heterocycles. The first kappa shape index (κ1) is 22.0. The number of amides is 1. The summed E-state index contributed by atoms with van der Waals surface area (Å²) in [7, 11) is 0. The summed E-state index contributed by atoms with van der Waals surface area (Å²) in [4.78, 5) is 39.0. The van der Waals surface area contributed by atoms with Crippen LogP contribution in [0.4, 0.5) is 17.1 Å². The Morgan fingerprint density at radius 3 is 2.41 bits per heavy atom. The number of carbonyl (C=O) groups is 1. The minimum atomic E-state index is -0.455. The molecule has 0 spiro atoms. The third kappa shape index (κ3) is 4.35. The Labute approximate surface area is 197 Å². The Kier molecular flexibility index (Phi) is 5.96. The lowest BCUT2D eigenvalue weighted by Crippen LogP contribution is -2.45. The second kappa shape index (κ2) is 9.21. The van der Waals surface area contributed by atoms with Crippen molar-refractivity contribution in [2.45, 2.75) is 26.3 Å². The van der Waals surface area contributed by atoms with E-state index >= 15 is 0 Å². The number of piperidine rings is 1. The van der Waals surface area contributed by atoms with Crippen LogP contribution >= 0.6 is 0 Å². The number of nitrogens with zero attached hydrogens (tertiary/aromatic N) is 1. The molecule has 0 aromatic heterocycles. The minimum absolute atomic E-state index is 0.236. The molecule has 2 heterocycles. The number of hydrogen-bond donors (Lipinski definition) is 2. The molecule has 8 nitrogen and oxygen atoms in total. The molecular weight excluding hydrogens is 434 g/mol. The molecule has 2 N–H and O–H groups in total. The van der Waals surface area contributed by atoms with Crippen molar-refractivity contribution >= 4 is 23.0 Å². The van der Waals surface area contributed by atoms with E-state index in [1.165, 1.54) is 0 Å². The van der Waals surface area contributed by atoms with Crippen molar-refractivity contribution in [2.24, 2.45) is 5.92 Å². The lowest BCUT2D eigenvalue weighted by Gasteiger charge is -2.33. The van der Waals surface area contributed by atoms with Crippen LogP contribution in [0.5, 0.6) is 11.5 Å². The van der Waals surface area contributed by atoms with E-state index in [4.69, 9.17) is 9.47 Å². The summed E-state index contributed by atoms with van der Waals surface area (Å²) in [6.07, 6.45) is 2.04. The molecule has 5 rings (SSSR count). The molecule has 0 unspecified atom stereocenters. The number of fused-ring (bicyclic) bond motifs is 1. The summed E-state index contributed by atoms with van der Waals surface area (Å²) in [5, 5.41) is 6.00. The number of hydrogen-bond acceptors (Lipinski definition) is 7. The number of ether oxygens (including phenoxy) is 2. The number of rotatable bonds is 6. The normalized spacial score (nSPS) is 15.9. The molecule has 1 amide bonds. The molecule has 0 radical (unpaired) electrons. The van der Waals surface area contributed by atoms with Gasteiger partial charge in [0.25, 0.3) is 16.8 Å². The van der Waals surface area contributed by atoms with Gasteiger partial charge in [-0.15, -0.1) is 0 Å². The third-order valence-corrected chi connectivity index (χ3v) is 6.47. The van der Waals surface area contributed by atoms with E-state index in [1.807, 2.05) is 17.0 Å². The van der Waals surface area contributed by atoms with Gasteiger partial charge in [0.05, 0.1) is 0 Å². The van der Waals surface area contributed by atoms with Crippen molar-refractivity contribution in [3.8, 4) is 11.5 Å². The zero-order valence-corrected chi connectivity index (χ0v) is 19.1. The summed E-state index contributed by atoms with van der Waals surface area (Å²) in [6, 6.07) is 12.4. The van der Waals surface area contributed by atoms with E-state index in [0.717, 1.165) is 31.5 Å². The van der Waals surface area contributed by atoms with Gasteiger partial charge in [0.1, 0.15) is 24.6 Å². The highest BCUT2D eigenvalue weighted by atomic mass is 16.6. The maximum atomic E-state index is 12.6. The van der Waals surface area contributed by atoms with E-state index < -0.39 is 10.9 Å². The van der Waals surface area contributed by atoms with Crippen molar-refractivity contribution in [1.29, 1.82) is 0 Å². The second-order valence-corrected chi connectivity index (χ2v) is 8.91. The molecule has 0 aliphatic carbocycles. The molecule has 3 aromatic carbocycles. The first-order valence-electron chi connectivity index (χ1n) is 11.6. The molecule has 2 aliphatic rings. The van der Waals surface area contributed by atoms with Gasteiger partial charge in [-0.3, -0.25) is 14.4 Å². The van der Waals surface area contributed by atoms with Gasteiger partial charge >= 0.3 is 0 Å². The molecule has 3 aromatic rings. The Balaban J connectivity index is 1.20. The van der Waals surface area contributed by atoms with Crippen molar-refractivity contribution in [3.05, 3.63) is 74.0 Å². The molecule has 176 valence electrons. The smallest absolute Gasteiger partial charge is 0.255 e. The Morgan fingerprint density at radius 1 is 0.971 bits per heavy atom. The quantitative estimate of drug-likeness (QED) is 0.545. The fraction of sp³-hybridized carbons (Fsp3) is 0.346. The van der Waals surface area contributed by atoms with Crippen LogP contribution in [0.25, 0.3) is 0 Å². The van der Waals surface area contributed by atoms with Crippen LogP contribution < -0.4 is 35.9 Å². The number of carbonyl (C=O) groups excluding carboxylic acids is 1. The summed E-state index contributed by atoms with van der Waals surface area (Å²) in [5.41, 5.74) is 2.11. The van der Waals surface area contributed by atoms with E-state index in [9.17, 15) is 14.4 Å². The van der Waals surface area contributed by atoms with Gasteiger partial charge in [-0.2, -0.15) is 0 Å². The van der Waals surface area contributed by atoms with E-state index in [0.29, 0.717) is 59.8 Å².